The van der Waals surface area contributed by atoms with Gasteiger partial charge in [0.2, 0.25) is 5.91 Å². The fourth-order valence-corrected chi connectivity index (χ4v) is 3.80. The van der Waals surface area contributed by atoms with Gasteiger partial charge in [0.25, 0.3) is 5.91 Å². The second-order valence-corrected chi connectivity index (χ2v) is 7.43. The summed E-state index contributed by atoms with van der Waals surface area (Å²) in [4.78, 5) is 27.7. The average Bonchev–Trinajstić information content (AvgIpc) is 2.80. The van der Waals surface area contributed by atoms with Crippen molar-refractivity contribution in [2.24, 2.45) is 0 Å². The third kappa shape index (κ3) is 4.86. The number of benzene rings is 3. The maximum Gasteiger partial charge on any atom is 0.257 e. The van der Waals surface area contributed by atoms with Crippen molar-refractivity contribution in [2.75, 3.05) is 35.7 Å². The van der Waals surface area contributed by atoms with E-state index in [0.717, 1.165) is 25.1 Å². The number of amides is 2. The Bertz CT molecular complexity index is 1080. The Morgan fingerprint density at radius 1 is 0.935 bits per heavy atom. The quantitative estimate of drug-likeness (QED) is 0.628. The predicted molar refractivity (Wildman–Crippen MR) is 123 cm³/mol. The Hall–Kier alpha value is -3.80. The van der Waals surface area contributed by atoms with Crippen molar-refractivity contribution in [3.05, 3.63) is 83.9 Å². The zero-order chi connectivity index (χ0) is 21.6. The number of nitrogens with one attached hydrogen (secondary N) is 2. The molecule has 2 amide bonds. The first-order chi connectivity index (χ1) is 15.1. The van der Waals surface area contributed by atoms with Gasteiger partial charge in [0.1, 0.15) is 5.75 Å². The molecule has 3 aromatic carbocycles. The van der Waals surface area contributed by atoms with Gasteiger partial charge in [0, 0.05) is 17.9 Å². The van der Waals surface area contributed by atoms with Gasteiger partial charge in [0.05, 0.1) is 24.9 Å². The van der Waals surface area contributed by atoms with Crippen LogP contribution >= 0.6 is 0 Å². The van der Waals surface area contributed by atoms with E-state index < -0.39 is 0 Å². The summed E-state index contributed by atoms with van der Waals surface area (Å²) in [6, 6.07) is 22.3. The molecular formula is C25H25N3O3. The second kappa shape index (κ2) is 9.34. The molecule has 0 radical (unpaired) electrons. The highest BCUT2D eigenvalue weighted by atomic mass is 16.5. The fourth-order valence-electron chi connectivity index (χ4n) is 3.80. The maximum absolute atomic E-state index is 12.8. The van der Waals surface area contributed by atoms with E-state index in [1.165, 1.54) is 5.56 Å². The van der Waals surface area contributed by atoms with Gasteiger partial charge < -0.3 is 20.3 Å². The number of rotatable bonds is 6. The molecule has 6 nitrogen and oxygen atoms in total. The summed E-state index contributed by atoms with van der Waals surface area (Å²) in [5, 5.41) is 5.77. The first-order valence-corrected chi connectivity index (χ1v) is 10.3. The number of methoxy groups -OCH3 is 1. The molecule has 0 bridgehead atoms. The zero-order valence-corrected chi connectivity index (χ0v) is 17.4. The van der Waals surface area contributed by atoms with E-state index in [4.69, 9.17) is 4.74 Å². The molecular weight excluding hydrogens is 390 g/mol. The molecule has 2 N–H and O–H groups in total. The van der Waals surface area contributed by atoms with Crippen molar-refractivity contribution in [2.45, 2.75) is 12.8 Å². The first-order valence-electron chi connectivity index (χ1n) is 10.3. The third-order valence-corrected chi connectivity index (χ3v) is 5.33. The summed E-state index contributed by atoms with van der Waals surface area (Å²) in [6.07, 6.45) is 2.05. The van der Waals surface area contributed by atoms with Crippen LogP contribution in [0.4, 0.5) is 17.1 Å². The van der Waals surface area contributed by atoms with Crippen LogP contribution in [0.15, 0.2) is 72.8 Å². The molecule has 0 fully saturated rings. The summed E-state index contributed by atoms with van der Waals surface area (Å²) in [5.74, 6) is 0.274. The molecule has 0 saturated heterocycles. The molecule has 31 heavy (non-hydrogen) atoms. The average molecular weight is 415 g/mol. The number of carbonyl (C=O) groups is 2. The molecule has 3 aromatic rings. The highest BCUT2D eigenvalue weighted by Gasteiger charge is 2.20. The van der Waals surface area contributed by atoms with Crippen molar-refractivity contribution in [3.63, 3.8) is 0 Å². The zero-order valence-electron chi connectivity index (χ0n) is 17.4. The van der Waals surface area contributed by atoms with Crippen LogP contribution in [0.2, 0.25) is 0 Å². The number of anilines is 3. The Morgan fingerprint density at radius 2 is 1.68 bits per heavy atom. The van der Waals surface area contributed by atoms with E-state index >= 15 is 0 Å². The lowest BCUT2D eigenvalue weighted by Gasteiger charge is -2.30. The summed E-state index contributed by atoms with van der Waals surface area (Å²) in [6.45, 7) is 1.08. The summed E-state index contributed by atoms with van der Waals surface area (Å²) in [7, 11) is 1.59. The Morgan fingerprint density at radius 3 is 2.48 bits per heavy atom. The van der Waals surface area contributed by atoms with E-state index in [-0.39, 0.29) is 18.4 Å². The minimum Gasteiger partial charge on any atom is -0.497 e. The minimum absolute atomic E-state index is 0.151. The fraction of sp³-hybridized carbons (Fsp3) is 0.200. The number of nitrogens with zero attached hydrogens (tertiary/aromatic N) is 1. The van der Waals surface area contributed by atoms with Crippen LogP contribution in [0.5, 0.6) is 5.75 Å². The Labute approximate surface area is 181 Å². The Balaban J connectivity index is 1.45. The normalized spacial score (nSPS) is 12.6. The van der Waals surface area contributed by atoms with Gasteiger partial charge in [-0.25, -0.2) is 0 Å². The lowest BCUT2D eigenvalue weighted by atomic mass is 10.0. The maximum atomic E-state index is 12.8. The molecule has 1 aliphatic heterocycles. The lowest BCUT2D eigenvalue weighted by Crippen LogP contribution is -2.37. The monoisotopic (exact) mass is 415 g/mol. The lowest BCUT2D eigenvalue weighted by molar-refractivity contribution is -0.115. The molecule has 1 aliphatic rings. The van der Waals surface area contributed by atoms with Crippen LogP contribution < -0.4 is 20.3 Å². The number of hydrogen-bond acceptors (Lipinski definition) is 4. The highest BCUT2D eigenvalue weighted by molar-refractivity contribution is 6.10. The van der Waals surface area contributed by atoms with Crippen molar-refractivity contribution >= 4 is 28.9 Å². The second-order valence-electron chi connectivity index (χ2n) is 7.43. The molecule has 0 aromatic heterocycles. The van der Waals surface area contributed by atoms with Gasteiger partial charge in [-0.05, 0) is 60.9 Å². The number of hydrogen-bond donors (Lipinski definition) is 2. The first kappa shape index (κ1) is 20.5. The number of fused-ring (bicyclic) bond motifs is 1. The van der Waals surface area contributed by atoms with Crippen LogP contribution in [0.25, 0.3) is 0 Å². The van der Waals surface area contributed by atoms with Crippen LogP contribution in [0.1, 0.15) is 22.3 Å². The minimum atomic E-state index is -0.288. The summed E-state index contributed by atoms with van der Waals surface area (Å²) < 4.78 is 5.14. The van der Waals surface area contributed by atoms with Crippen molar-refractivity contribution in [3.8, 4) is 5.75 Å². The van der Waals surface area contributed by atoms with E-state index in [2.05, 4.69) is 27.7 Å². The highest BCUT2D eigenvalue weighted by Crippen LogP contribution is 2.26. The largest absolute Gasteiger partial charge is 0.497 e. The van der Waals surface area contributed by atoms with Crippen LogP contribution in [-0.2, 0) is 11.2 Å². The third-order valence-electron chi connectivity index (χ3n) is 5.33. The predicted octanol–water partition coefficient (Wildman–Crippen LogP) is 4.34. The van der Waals surface area contributed by atoms with Crippen LogP contribution in [0, 0.1) is 0 Å². The van der Waals surface area contributed by atoms with Crippen LogP contribution in [-0.4, -0.2) is 32.0 Å². The summed E-state index contributed by atoms with van der Waals surface area (Å²) in [5.41, 5.74) is 3.92. The molecule has 0 aliphatic carbocycles. The molecule has 6 heteroatoms. The van der Waals surface area contributed by atoms with Gasteiger partial charge in [-0.3, -0.25) is 9.59 Å². The van der Waals surface area contributed by atoms with E-state index in [1.54, 1.807) is 55.6 Å². The molecule has 0 saturated carbocycles. The Kier molecular flexibility index (Phi) is 6.17. The van der Waals surface area contributed by atoms with E-state index in [9.17, 15) is 9.59 Å². The standard InChI is InChI=1S/C25H25N3O3/c1-31-20-14-12-19(13-15-20)26-25(30)21-9-3-4-10-22(21)27-24(29)17-28-16-6-8-18-7-2-5-11-23(18)28/h2-5,7,9-15H,6,8,16-17H2,1H3,(H,26,30)(H,27,29). The number of carbonyl (C=O) groups excluding carboxylic acids is 2. The molecule has 0 spiro atoms. The summed E-state index contributed by atoms with van der Waals surface area (Å²) >= 11 is 0. The molecule has 4 rings (SSSR count). The number of ether oxygens (including phenoxy) is 1. The number of aryl methyl sites for hydroxylation is 1. The van der Waals surface area contributed by atoms with Gasteiger partial charge in [-0.15, -0.1) is 0 Å². The molecule has 1 heterocycles. The molecule has 158 valence electrons. The number of para-hydroxylation sites is 2. The van der Waals surface area contributed by atoms with Crippen LogP contribution in [0.3, 0.4) is 0 Å². The van der Waals surface area contributed by atoms with Crippen molar-refractivity contribution in [1.82, 2.24) is 0 Å². The van der Waals surface area contributed by atoms with Crippen molar-refractivity contribution < 1.29 is 14.3 Å². The smallest absolute Gasteiger partial charge is 0.257 e. The van der Waals surface area contributed by atoms with Gasteiger partial charge in [-0.1, -0.05) is 30.3 Å². The van der Waals surface area contributed by atoms with Gasteiger partial charge >= 0.3 is 0 Å². The van der Waals surface area contributed by atoms with Gasteiger partial charge in [-0.2, -0.15) is 0 Å². The van der Waals surface area contributed by atoms with Gasteiger partial charge in [0.15, 0.2) is 0 Å². The molecule has 0 unspecified atom stereocenters. The van der Waals surface area contributed by atoms with E-state index in [0.29, 0.717) is 22.7 Å². The SMILES string of the molecule is COc1ccc(NC(=O)c2ccccc2NC(=O)CN2CCCc3ccccc32)cc1. The molecule has 0 atom stereocenters. The van der Waals surface area contributed by atoms with E-state index in [1.807, 2.05) is 12.1 Å². The van der Waals surface area contributed by atoms with Crippen molar-refractivity contribution in [1.29, 1.82) is 0 Å². The topological polar surface area (TPSA) is 70.7 Å².